The van der Waals surface area contributed by atoms with Gasteiger partial charge in [0.2, 0.25) is 0 Å². The predicted molar refractivity (Wildman–Crippen MR) is 51.5 cm³/mol. The number of nitrogens with zero attached hydrogens (tertiary/aromatic N) is 1. The minimum atomic E-state index is 0.600. The smallest absolute Gasteiger partial charge is 0.0271 e. The summed E-state index contributed by atoms with van der Waals surface area (Å²) in [6, 6.07) is 3.81. The Hall–Kier alpha value is -0.930. The van der Waals surface area contributed by atoms with Gasteiger partial charge in [0.25, 0.3) is 0 Å². The fourth-order valence-electron chi connectivity index (χ4n) is 0.519. The number of hydrogen-bond donors (Lipinski definition) is 2. The summed E-state index contributed by atoms with van der Waals surface area (Å²) in [4.78, 5) is 3.84. The van der Waals surface area contributed by atoms with Gasteiger partial charge in [-0.15, -0.1) is 0 Å². The molecule has 0 fully saturated rings. The lowest BCUT2D eigenvalue weighted by Crippen LogP contribution is -1.94. The van der Waals surface area contributed by atoms with E-state index in [1.165, 1.54) is 0 Å². The summed E-state index contributed by atoms with van der Waals surface area (Å²) in [7, 11) is 0. The summed E-state index contributed by atoms with van der Waals surface area (Å²) in [5.41, 5.74) is 11.5. The predicted octanol–water partition coefficient (Wildman–Crippen LogP) is 0.895. The summed E-state index contributed by atoms with van der Waals surface area (Å²) >= 11 is 0. The first kappa shape index (κ1) is 11.1. The van der Waals surface area contributed by atoms with Crippen LogP contribution < -0.4 is 11.5 Å². The van der Waals surface area contributed by atoms with Crippen LogP contribution in [0.4, 0.5) is 0 Å². The fourth-order valence-corrected chi connectivity index (χ4v) is 0.519. The highest BCUT2D eigenvalue weighted by molar-refractivity contribution is 5.08. The summed E-state index contributed by atoms with van der Waals surface area (Å²) < 4.78 is 0. The van der Waals surface area contributed by atoms with Gasteiger partial charge in [-0.25, -0.2) is 0 Å². The van der Waals surface area contributed by atoms with Crippen LogP contribution in [0.15, 0.2) is 24.5 Å². The van der Waals surface area contributed by atoms with E-state index in [1.807, 2.05) is 12.1 Å². The van der Waals surface area contributed by atoms with Gasteiger partial charge in [-0.05, 0) is 30.7 Å². The second-order valence-corrected chi connectivity index (χ2v) is 2.35. The Morgan fingerprint density at radius 3 is 2.00 bits per heavy atom. The summed E-state index contributed by atoms with van der Waals surface area (Å²) in [6.07, 6.45) is 4.57. The van der Waals surface area contributed by atoms with Gasteiger partial charge in [-0.3, -0.25) is 4.98 Å². The lowest BCUT2D eigenvalue weighted by atomic mass is 10.3. The van der Waals surface area contributed by atoms with E-state index in [0.717, 1.165) is 18.5 Å². The standard InChI is InChI=1S/C6H8N2.C3H9N/c7-5-6-1-3-8-4-2-6;1-2-3-4/h1-4H,5,7H2;2-4H2,1H3. The molecule has 1 aromatic heterocycles. The molecule has 0 bridgehead atoms. The first-order chi connectivity index (χ1) is 5.85. The fraction of sp³-hybridized carbons (Fsp3) is 0.444. The SMILES string of the molecule is CCCN.NCc1ccncc1. The molecule has 0 saturated heterocycles. The van der Waals surface area contributed by atoms with E-state index in [0.29, 0.717) is 6.54 Å². The molecule has 0 unspecified atom stereocenters. The lowest BCUT2D eigenvalue weighted by Gasteiger charge is -1.89. The van der Waals surface area contributed by atoms with Crippen LogP contribution >= 0.6 is 0 Å². The maximum absolute atomic E-state index is 5.32. The van der Waals surface area contributed by atoms with Crippen molar-refractivity contribution >= 4 is 0 Å². The highest BCUT2D eigenvalue weighted by atomic mass is 14.6. The van der Waals surface area contributed by atoms with Crippen molar-refractivity contribution in [3.63, 3.8) is 0 Å². The molecule has 1 heterocycles. The second-order valence-electron chi connectivity index (χ2n) is 2.35. The molecular formula is C9H17N3. The zero-order chi connectivity index (χ0) is 9.23. The molecule has 0 radical (unpaired) electrons. The summed E-state index contributed by atoms with van der Waals surface area (Å²) in [5, 5.41) is 0. The van der Waals surface area contributed by atoms with Crippen LogP contribution in [0.1, 0.15) is 18.9 Å². The third-order valence-electron chi connectivity index (χ3n) is 1.27. The van der Waals surface area contributed by atoms with Gasteiger partial charge >= 0.3 is 0 Å². The molecule has 1 rings (SSSR count). The Balaban J connectivity index is 0.000000261. The van der Waals surface area contributed by atoms with Gasteiger partial charge < -0.3 is 11.5 Å². The average molecular weight is 167 g/mol. The monoisotopic (exact) mass is 167 g/mol. The molecule has 68 valence electrons. The number of nitrogens with two attached hydrogens (primary N) is 2. The van der Waals surface area contributed by atoms with Crippen molar-refractivity contribution < 1.29 is 0 Å². The van der Waals surface area contributed by atoms with Crippen LogP contribution in [0.5, 0.6) is 0 Å². The van der Waals surface area contributed by atoms with E-state index in [1.54, 1.807) is 12.4 Å². The lowest BCUT2D eigenvalue weighted by molar-refractivity contribution is 0.932. The quantitative estimate of drug-likeness (QED) is 0.687. The summed E-state index contributed by atoms with van der Waals surface area (Å²) in [5.74, 6) is 0. The molecule has 0 aromatic carbocycles. The van der Waals surface area contributed by atoms with Gasteiger partial charge in [-0.1, -0.05) is 6.92 Å². The van der Waals surface area contributed by atoms with E-state index in [-0.39, 0.29) is 0 Å². The molecule has 3 nitrogen and oxygen atoms in total. The molecule has 3 heteroatoms. The van der Waals surface area contributed by atoms with Crippen LogP contribution in [0, 0.1) is 0 Å². The molecule has 0 saturated carbocycles. The largest absolute Gasteiger partial charge is 0.330 e. The molecule has 0 spiro atoms. The molecule has 0 aliphatic heterocycles. The number of pyridine rings is 1. The highest BCUT2D eigenvalue weighted by Crippen LogP contribution is 1.91. The van der Waals surface area contributed by atoms with Crippen molar-refractivity contribution in [1.29, 1.82) is 0 Å². The van der Waals surface area contributed by atoms with Crippen molar-refractivity contribution in [3.8, 4) is 0 Å². The van der Waals surface area contributed by atoms with E-state index in [9.17, 15) is 0 Å². The van der Waals surface area contributed by atoms with E-state index in [4.69, 9.17) is 11.5 Å². The number of hydrogen-bond acceptors (Lipinski definition) is 3. The topological polar surface area (TPSA) is 64.9 Å². The molecule has 4 N–H and O–H groups in total. The molecule has 1 aromatic rings. The van der Waals surface area contributed by atoms with Crippen molar-refractivity contribution in [2.75, 3.05) is 6.54 Å². The van der Waals surface area contributed by atoms with Crippen LogP contribution in [-0.2, 0) is 6.54 Å². The minimum absolute atomic E-state index is 0.600. The first-order valence-electron chi connectivity index (χ1n) is 4.14. The number of aromatic nitrogens is 1. The normalized spacial score (nSPS) is 8.58. The molecule has 0 aliphatic carbocycles. The van der Waals surface area contributed by atoms with Crippen molar-refractivity contribution in [2.45, 2.75) is 19.9 Å². The van der Waals surface area contributed by atoms with Crippen LogP contribution in [0.3, 0.4) is 0 Å². The first-order valence-corrected chi connectivity index (χ1v) is 4.14. The Kier molecular flexibility index (Phi) is 7.54. The van der Waals surface area contributed by atoms with Gasteiger partial charge in [0.15, 0.2) is 0 Å². The third-order valence-corrected chi connectivity index (χ3v) is 1.27. The number of rotatable bonds is 2. The van der Waals surface area contributed by atoms with Crippen molar-refractivity contribution in [1.82, 2.24) is 4.98 Å². The van der Waals surface area contributed by atoms with E-state index in [2.05, 4.69) is 11.9 Å². The molecule has 12 heavy (non-hydrogen) atoms. The minimum Gasteiger partial charge on any atom is -0.330 e. The van der Waals surface area contributed by atoms with Crippen molar-refractivity contribution in [3.05, 3.63) is 30.1 Å². The van der Waals surface area contributed by atoms with Gasteiger partial charge in [0.1, 0.15) is 0 Å². The van der Waals surface area contributed by atoms with E-state index >= 15 is 0 Å². The molecular weight excluding hydrogens is 150 g/mol. The summed E-state index contributed by atoms with van der Waals surface area (Å²) in [6.45, 7) is 3.47. The third kappa shape index (κ3) is 5.82. The Morgan fingerprint density at radius 2 is 1.75 bits per heavy atom. The highest BCUT2D eigenvalue weighted by Gasteiger charge is 1.80. The van der Waals surface area contributed by atoms with E-state index < -0.39 is 0 Å². The zero-order valence-corrected chi connectivity index (χ0v) is 7.53. The Bertz CT molecular complexity index is 172. The maximum Gasteiger partial charge on any atom is 0.0271 e. The van der Waals surface area contributed by atoms with Crippen LogP contribution in [-0.4, -0.2) is 11.5 Å². The Morgan fingerprint density at radius 1 is 1.25 bits per heavy atom. The van der Waals surface area contributed by atoms with Gasteiger partial charge in [0, 0.05) is 18.9 Å². The van der Waals surface area contributed by atoms with Gasteiger partial charge in [-0.2, -0.15) is 0 Å². The average Bonchev–Trinajstić information content (AvgIpc) is 2.19. The second kappa shape index (κ2) is 8.17. The molecule has 0 aliphatic rings. The zero-order valence-electron chi connectivity index (χ0n) is 7.53. The molecule has 0 atom stereocenters. The Labute approximate surface area is 73.8 Å². The maximum atomic E-state index is 5.32. The van der Waals surface area contributed by atoms with Crippen molar-refractivity contribution in [2.24, 2.45) is 11.5 Å². The van der Waals surface area contributed by atoms with Crippen LogP contribution in [0.25, 0.3) is 0 Å². The van der Waals surface area contributed by atoms with Gasteiger partial charge in [0.05, 0.1) is 0 Å². The molecule has 0 amide bonds. The van der Waals surface area contributed by atoms with Crippen LogP contribution in [0.2, 0.25) is 0 Å².